The minimum Gasteiger partial charge on any atom is -0.450 e. The van der Waals surface area contributed by atoms with Gasteiger partial charge < -0.3 is 4.42 Å². The van der Waals surface area contributed by atoms with Crippen LogP contribution >= 0.6 is 34.5 Å². The Morgan fingerprint density at radius 2 is 1.78 bits per heavy atom. The average Bonchev–Trinajstić information content (AvgIpc) is 3.31. The molecule has 1 amide bonds. The van der Waals surface area contributed by atoms with Crippen LogP contribution in [-0.2, 0) is 6.42 Å². The Kier molecular flexibility index (Phi) is 5.28. The van der Waals surface area contributed by atoms with E-state index in [0.29, 0.717) is 32.1 Å². The first-order chi connectivity index (χ1) is 15.3. The molecule has 4 aromatic rings. The summed E-state index contributed by atoms with van der Waals surface area (Å²) in [5.41, 5.74) is 0.982. The van der Waals surface area contributed by atoms with Crippen molar-refractivity contribution in [1.82, 2.24) is 10.2 Å². The Morgan fingerprint density at radius 3 is 2.50 bits per heavy atom. The lowest BCUT2D eigenvalue weighted by atomic mass is 9.99. The van der Waals surface area contributed by atoms with Gasteiger partial charge in [-0.05, 0) is 41.8 Å². The van der Waals surface area contributed by atoms with E-state index in [2.05, 4.69) is 24.0 Å². The van der Waals surface area contributed by atoms with Gasteiger partial charge in [-0.2, -0.15) is 0 Å². The van der Waals surface area contributed by atoms with Gasteiger partial charge in [0.2, 0.25) is 10.9 Å². The van der Waals surface area contributed by atoms with Crippen molar-refractivity contribution in [3.8, 4) is 0 Å². The molecule has 1 aliphatic heterocycles. The first kappa shape index (κ1) is 21.1. The predicted octanol–water partition coefficient (Wildman–Crippen LogP) is 5.90. The second-order valence-corrected chi connectivity index (χ2v) is 9.93. The minimum absolute atomic E-state index is 0.00498. The Morgan fingerprint density at radius 1 is 1.06 bits per heavy atom. The minimum atomic E-state index is -0.714. The summed E-state index contributed by atoms with van der Waals surface area (Å²) >= 11 is 13.5. The number of rotatable bonds is 4. The molecule has 5 rings (SSSR count). The van der Waals surface area contributed by atoms with Crippen LogP contribution < -0.4 is 10.3 Å². The van der Waals surface area contributed by atoms with Crippen molar-refractivity contribution < 1.29 is 9.21 Å². The summed E-state index contributed by atoms with van der Waals surface area (Å²) in [5, 5.41) is 11.1. The highest BCUT2D eigenvalue weighted by Gasteiger charge is 2.45. The van der Waals surface area contributed by atoms with Crippen LogP contribution in [-0.4, -0.2) is 16.1 Å². The lowest BCUT2D eigenvalue weighted by molar-refractivity contribution is 0.0970. The van der Waals surface area contributed by atoms with Gasteiger partial charge in [0.15, 0.2) is 5.43 Å². The van der Waals surface area contributed by atoms with Gasteiger partial charge in [0.1, 0.15) is 10.6 Å². The van der Waals surface area contributed by atoms with Crippen molar-refractivity contribution in [2.45, 2.75) is 26.3 Å². The van der Waals surface area contributed by atoms with E-state index in [1.807, 2.05) is 0 Å². The molecular formula is C23H17Cl2N3O3S. The molecule has 3 heterocycles. The Balaban J connectivity index is 1.74. The van der Waals surface area contributed by atoms with Crippen molar-refractivity contribution in [2.24, 2.45) is 5.92 Å². The third-order valence-electron chi connectivity index (χ3n) is 5.26. The number of benzene rings is 2. The molecule has 0 aliphatic carbocycles. The van der Waals surface area contributed by atoms with Gasteiger partial charge in [0.25, 0.3) is 5.91 Å². The second kappa shape index (κ2) is 7.99. The molecule has 1 unspecified atom stereocenters. The van der Waals surface area contributed by atoms with Crippen LogP contribution in [0.1, 0.15) is 46.6 Å². The van der Waals surface area contributed by atoms with Crippen molar-refractivity contribution in [3.05, 3.63) is 84.6 Å². The maximum atomic E-state index is 13.5. The number of fused-ring (bicyclic) bond motifs is 2. The number of hydrogen-bond donors (Lipinski definition) is 0. The van der Waals surface area contributed by atoms with Gasteiger partial charge in [0.05, 0.1) is 17.0 Å². The normalized spacial score (nSPS) is 15.7. The van der Waals surface area contributed by atoms with E-state index in [9.17, 15) is 9.59 Å². The Hall–Kier alpha value is -2.74. The second-order valence-electron chi connectivity index (χ2n) is 8.02. The highest BCUT2D eigenvalue weighted by Crippen LogP contribution is 2.42. The van der Waals surface area contributed by atoms with Crippen molar-refractivity contribution in [3.63, 3.8) is 0 Å². The summed E-state index contributed by atoms with van der Waals surface area (Å²) in [6, 6.07) is 11.1. The zero-order chi connectivity index (χ0) is 22.6. The topological polar surface area (TPSA) is 76.3 Å². The molecule has 2 aromatic heterocycles. The van der Waals surface area contributed by atoms with Crippen LogP contribution in [0.5, 0.6) is 0 Å². The fourth-order valence-corrected chi connectivity index (χ4v) is 5.25. The molecule has 32 heavy (non-hydrogen) atoms. The molecule has 0 saturated carbocycles. The van der Waals surface area contributed by atoms with Crippen molar-refractivity contribution in [2.75, 3.05) is 4.90 Å². The molecule has 0 spiro atoms. The quantitative estimate of drug-likeness (QED) is 0.359. The largest absolute Gasteiger partial charge is 0.450 e. The first-order valence-corrected chi connectivity index (χ1v) is 11.6. The third-order valence-corrected chi connectivity index (χ3v) is 6.69. The maximum absolute atomic E-state index is 13.5. The molecule has 0 bridgehead atoms. The van der Waals surface area contributed by atoms with E-state index in [0.717, 1.165) is 17.0 Å². The maximum Gasteiger partial charge on any atom is 0.297 e. The van der Waals surface area contributed by atoms with Gasteiger partial charge in [-0.1, -0.05) is 60.5 Å². The molecule has 1 aliphatic rings. The zero-order valence-corrected chi connectivity index (χ0v) is 19.5. The van der Waals surface area contributed by atoms with Gasteiger partial charge in [0, 0.05) is 16.5 Å². The standard InChI is InChI=1S/C23H17Cl2N3O3S/c1-11(2)9-17-26-27-23(32-17)28-19(12-3-5-13(24)6-4-12)18-20(29)15-10-14(25)7-8-16(15)31-21(18)22(28)30/h3-8,10-11,19H,9H2,1-2H3. The van der Waals surface area contributed by atoms with E-state index in [-0.39, 0.29) is 16.8 Å². The van der Waals surface area contributed by atoms with Crippen LogP contribution in [0.25, 0.3) is 11.0 Å². The fourth-order valence-electron chi connectivity index (χ4n) is 3.88. The Bertz CT molecular complexity index is 1410. The van der Waals surface area contributed by atoms with Gasteiger partial charge >= 0.3 is 0 Å². The molecule has 0 saturated heterocycles. The smallest absolute Gasteiger partial charge is 0.297 e. The molecule has 0 fully saturated rings. The molecule has 0 radical (unpaired) electrons. The van der Waals surface area contributed by atoms with E-state index >= 15 is 0 Å². The number of hydrogen-bond acceptors (Lipinski definition) is 6. The molecule has 6 nitrogen and oxygen atoms in total. The number of aromatic nitrogens is 2. The van der Waals surface area contributed by atoms with Crippen molar-refractivity contribution >= 4 is 56.5 Å². The fraction of sp³-hybridized carbons (Fsp3) is 0.217. The van der Waals surface area contributed by atoms with Crippen LogP contribution in [0, 0.1) is 5.92 Å². The SMILES string of the molecule is CC(C)Cc1nnc(N2C(=O)c3oc4ccc(Cl)cc4c(=O)c3C2c2ccc(Cl)cc2)s1. The summed E-state index contributed by atoms with van der Waals surface area (Å²) in [5.74, 6) is -0.0286. The lowest BCUT2D eigenvalue weighted by Gasteiger charge is -2.22. The number of carbonyl (C=O) groups is 1. The van der Waals surface area contributed by atoms with Gasteiger partial charge in [-0.25, -0.2) is 0 Å². The molecule has 0 N–H and O–H groups in total. The van der Waals surface area contributed by atoms with E-state index in [1.54, 1.807) is 42.5 Å². The van der Waals surface area contributed by atoms with Gasteiger partial charge in [-0.15, -0.1) is 10.2 Å². The van der Waals surface area contributed by atoms with Crippen LogP contribution in [0.15, 0.2) is 51.7 Å². The molecule has 1 atom stereocenters. The van der Waals surface area contributed by atoms with E-state index < -0.39 is 11.9 Å². The van der Waals surface area contributed by atoms with Crippen LogP contribution in [0.2, 0.25) is 10.0 Å². The molecule has 9 heteroatoms. The van der Waals surface area contributed by atoms with Crippen LogP contribution in [0.3, 0.4) is 0 Å². The third kappa shape index (κ3) is 3.50. The number of amides is 1. The number of nitrogens with zero attached hydrogens (tertiary/aromatic N) is 3. The van der Waals surface area contributed by atoms with Gasteiger partial charge in [-0.3, -0.25) is 14.5 Å². The van der Waals surface area contributed by atoms with E-state index in [1.165, 1.54) is 16.2 Å². The molecule has 2 aromatic carbocycles. The lowest BCUT2D eigenvalue weighted by Crippen LogP contribution is -2.29. The van der Waals surface area contributed by atoms with Crippen LogP contribution in [0.4, 0.5) is 5.13 Å². The molecule has 162 valence electrons. The number of halogens is 2. The average molecular weight is 486 g/mol. The highest BCUT2D eigenvalue weighted by atomic mass is 35.5. The summed E-state index contributed by atoms with van der Waals surface area (Å²) < 4.78 is 5.93. The summed E-state index contributed by atoms with van der Waals surface area (Å²) in [6.45, 7) is 4.18. The molecular weight excluding hydrogens is 469 g/mol. The highest BCUT2D eigenvalue weighted by molar-refractivity contribution is 7.15. The monoisotopic (exact) mass is 485 g/mol. The summed E-state index contributed by atoms with van der Waals surface area (Å²) in [6.07, 6.45) is 0.748. The summed E-state index contributed by atoms with van der Waals surface area (Å²) in [4.78, 5) is 28.5. The predicted molar refractivity (Wildman–Crippen MR) is 126 cm³/mol. The summed E-state index contributed by atoms with van der Waals surface area (Å²) in [7, 11) is 0. The first-order valence-electron chi connectivity index (χ1n) is 10.0. The van der Waals surface area contributed by atoms with E-state index in [4.69, 9.17) is 27.6 Å². The Labute approximate surface area is 197 Å². The zero-order valence-electron chi connectivity index (χ0n) is 17.1. The number of anilines is 1. The van der Waals surface area contributed by atoms with Crippen molar-refractivity contribution in [1.29, 1.82) is 0 Å². The number of carbonyl (C=O) groups excluding carboxylic acids is 1.